The molecule has 4 heteroatoms. The van der Waals surface area contributed by atoms with Crippen LogP contribution in [0.1, 0.15) is 0 Å². The van der Waals surface area contributed by atoms with Gasteiger partial charge in [0.2, 0.25) is 12.6 Å². The van der Waals surface area contributed by atoms with Gasteiger partial charge in [-0.25, -0.2) is 0 Å². The Hall–Kier alpha value is -1.26. The monoisotopic (exact) mass is 194 g/mol. The Labute approximate surface area is 81.3 Å². The Morgan fingerprint density at radius 3 is 1.50 bits per heavy atom. The fourth-order valence-corrected chi connectivity index (χ4v) is 1.11. The van der Waals surface area contributed by atoms with Gasteiger partial charge in [-0.1, -0.05) is 0 Å². The Kier molecular flexibility index (Phi) is 1.82. The first-order chi connectivity index (χ1) is 6.90. The predicted molar refractivity (Wildman–Crippen MR) is 47.2 cm³/mol. The maximum Gasteiger partial charge on any atom is 0.223 e. The summed E-state index contributed by atoms with van der Waals surface area (Å²) >= 11 is 0. The Bertz CT molecular complexity index is 280. The van der Waals surface area contributed by atoms with E-state index in [0.717, 1.165) is 11.5 Å². The van der Waals surface area contributed by atoms with E-state index >= 15 is 0 Å². The molecule has 0 spiro atoms. The quantitative estimate of drug-likeness (QED) is 0.674. The van der Waals surface area contributed by atoms with Crippen molar-refractivity contribution in [1.82, 2.24) is 0 Å². The number of hydrogen-bond acceptors (Lipinski definition) is 4. The van der Waals surface area contributed by atoms with Crippen LogP contribution in [0.4, 0.5) is 0 Å². The molecule has 0 aromatic heterocycles. The van der Waals surface area contributed by atoms with Crippen LogP contribution < -0.4 is 9.47 Å². The highest BCUT2D eigenvalue weighted by Crippen LogP contribution is 2.24. The number of benzene rings is 1. The number of hydrogen-bond donors (Lipinski definition) is 0. The standard InChI is InChI=1S/C10H10O4/c1-2-8(14-10-6-12-10)4-3-7(1)13-9-5-11-9/h1-4,9-10H,5-6H2. The molecule has 0 radical (unpaired) electrons. The highest BCUT2D eigenvalue weighted by Gasteiger charge is 2.25. The van der Waals surface area contributed by atoms with Crippen LogP contribution in [-0.2, 0) is 9.47 Å². The lowest BCUT2D eigenvalue weighted by atomic mass is 10.3. The second-order valence-electron chi connectivity index (χ2n) is 3.23. The molecule has 0 amide bonds. The number of rotatable bonds is 4. The van der Waals surface area contributed by atoms with Crippen LogP contribution in [0.25, 0.3) is 0 Å². The molecule has 2 aliphatic heterocycles. The Morgan fingerprint density at radius 2 is 1.21 bits per heavy atom. The van der Waals surface area contributed by atoms with E-state index in [4.69, 9.17) is 18.9 Å². The van der Waals surface area contributed by atoms with Crippen LogP contribution in [0.2, 0.25) is 0 Å². The Balaban J connectivity index is 1.62. The number of epoxide rings is 2. The summed E-state index contributed by atoms with van der Waals surface area (Å²) < 4.78 is 20.7. The molecular weight excluding hydrogens is 184 g/mol. The minimum absolute atomic E-state index is 0.0477. The summed E-state index contributed by atoms with van der Waals surface area (Å²) in [5.41, 5.74) is 0. The van der Waals surface area contributed by atoms with Crippen molar-refractivity contribution >= 4 is 0 Å². The van der Waals surface area contributed by atoms with E-state index in [1.807, 2.05) is 24.3 Å². The third kappa shape index (κ3) is 1.97. The third-order valence-electron chi connectivity index (χ3n) is 1.96. The van der Waals surface area contributed by atoms with Crippen molar-refractivity contribution in [3.63, 3.8) is 0 Å². The van der Waals surface area contributed by atoms with E-state index in [9.17, 15) is 0 Å². The molecule has 1 aromatic rings. The maximum absolute atomic E-state index is 5.39. The van der Waals surface area contributed by atoms with E-state index in [1.54, 1.807) is 0 Å². The first-order valence-corrected chi connectivity index (χ1v) is 4.57. The molecule has 2 fully saturated rings. The molecule has 2 saturated heterocycles. The summed E-state index contributed by atoms with van der Waals surface area (Å²) in [5, 5.41) is 0. The van der Waals surface area contributed by atoms with Gasteiger partial charge in [0.15, 0.2) is 0 Å². The second-order valence-corrected chi connectivity index (χ2v) is 3.23. The largest absolute Gasteiger partial charge is 0.462 e. The van der Waals surface area contributed by atoms with Gasteiger partial charge in [0.05, 0.1) is 0 Å². The van der Waals surface area contributed by atoms with E-state index in [1.165, 1.54) is 0 Å². The van der Waals surface area contributed by atoms with Gasteiger partial charge in [-0.2, -0.15) is 0 Å². The minimum Gasteiger partial charge on any atom is -0.462 e. The van der Waals surface area contributed by atoms with E-state index in [0.29, 0.717) is 13.2 Å². The van der Waals surface area contributed by atoms with Crippen LogP contribution in [0.3, 0.4) is 0 Å². The average Bonchev–Trinajstić information content (AvgIpc) is 3.02. The van der Waals surface area contributed by atoms with Crippen LogP contribution >= 0.6 is 0 Å². The summed E-state index contributed by atoms with van der Waals surface area (Å²) in [7, 11) is 0. The van der Waals surface area contributed by atoms with Gasteiger partial charge in [-0.15, -0.1) is 0 Å². The van der Waals surface area contributed by atoms with Gasteiger partial charge >= 0.3 is 0 Å². The summed E-state index contributed by atoms with van der Waals surface area (Å²) in [6.45, 7) is 1.38. The third-order valence-corrected chi connectivity index (χ3v) is 1.96. The smallest absolute Gasteiger partial charge is 0.223 e. The molecule has 0 bridgehead atoms. The van der Waals surface area contributed by atoms with Gasteiger partial charge in [0, 0.05) is 0 Å². The lowest BCUT2D eigenvalue weighted by Gasteiger charge is -2.04. The van der Waals surface area contributed by atoms with E-state index < -0.39 is 0 Å². The molecule has 2 aliphatic rings. The van der Waals surface area contributed by atoms with Gasteiger partial charge in [0.25, 0.3) is 0 Å². The van der Waals surface area contributed by atoms with Gasteiger partial charge in [-0.05, 0) is 24.3 Å². The number of ether oxygens (including phenoxy) is 4. The Morgan fingerprint density at radius 1 is 0.857 bits per heavy atom. The van der Waals surface area contributed by atoms with Crippen molar-refractivity contribution in [1.29, 1.82) is 0 Å². The van der Waals surface area contributed by atoms with Gasteiger partial charge in [0.1, 0.15) is 24.7 Å². The van der Waals surface area contributed by atoms with Crippen molar-refractivity contribution in [2.24, 2.45) is 0 Å². The molecular formula is C10H10O4. The molecule has 1 aromatic carbocycles. The SMILES string of the molecule is c1cc(OC2CO2)ccc1OC1CO1. The second kappa shape index (κ2) is 3.15. The predicted octanol–water partition coefficient (Wildman–Crippen LogP) is 1.16. The normalized spacial score (nSPS) is 28.3. The molecule has 2 atom stereocenters. The lowest BCUT2D eigenvalue weighted by molar-refractivity contribution is 0.174. The molecule has 0 aliphatic carbocycles. The molecule has 14 heavy (non-hydrogen) atoms. The van der Waals surface area contributed by atoms with E-state index in [2.05, 4.69) is 0 Å². The summed E-state index contributed by atoms with van der Waals surface area (Å²) in [6.07, 6.45) is -0.0953. The molecule has 2 heterocycles. The van der Waals surface area contributed by atoms with Crippen molar-refractivity contribution in [2.75, 3.05) is 13.2 Å². The summed E-state index contributed by atoms with van der Waals surface area (Å²) in [4.78, 5) is 0. The minimum atomic E-state index is -0.0477. The fourth-order valence-electron chi connectivity index (χ4n) is 1.11. The highest BCUT2D eigenvalue weighted by atomic mass is 16.8. The van der Waals surface area contributed by atoms with Crippen molar-refractivity contribution < 1.29 is 18.9 Å². The zero-order valence-electron chi connectivity index (χ0n) is 7.51. The first kappa shape index (κ1) is 8.08. The summed E-state index contributed by atoms with van der Waals surface area (Å²) in [6, 6.07) is 7.44. The molecule has 0 saturated carbocycles. The van der Waals surface area contributed by atoms with Crippen molar-refractivity contribution in [3.8, 4) is 11.5 Å². The zero-order valence-corrected chi connectivity index (χ0v) is 7.51. The molecule has 74 valence electrons. The molecule has 4 nitrogen and oxygen atoms in total. The summed E-state index contributed by atoms with van der Waals surface area (Å²) in [5.74, 6) is 1.60. The lowest BCUT2D eigenvalue weighted by Crippen LogP contribution is -1.99. The fraction of sp³-hybridized carbons (Fsp3) is 0.400. The molecule has 3 rings (SSSR count). The molecule has 0 N–H and O–H groups in total. The average molecular weight is 194 g/mol. The van der Waals surface area contributed by atoms with Crippen LogP contribution in [0.5, 0.6) is 11.5 Å². The topological polar surface area (TPSA) is 43.5 Å². The highest BCUT2D eigenvalue weighted by molar-refractivity contribution is 5.31. The van der Waals surface area contributed by atoms with Crippen molar-refractivity contribution in [2.45, 2.75) is 12.6 Å². The first-order valence-electron chi connectivity index (χ1n) is 4.57. The van der Waals surface area contributed by atoms with Gasteiger partial charge < -0.3 is 18.9 Å². The molecule has 2 unspecified atom stereocenters. The van der Waals surface area contributed by atoms with Crippen LogP contribution in [-0.4, -0.2) is 25.8 Å². The van der Waals surface area contributed by atoms with E-state index in [-0.39, 0.29) is 12.6 Å². The zero-order chi connectivity index (χ0) is 9.38. The van der Waals surface area contributed by atoms with Gasteiger partial charge in [-0.3, -0.25) is 0 Å². The maximum atomic E-state index is 5.39. The van der Waals surface area contributed by atoms with Crippen LogP contribution in [0, 0.1) is 0 Å². The van der Waals surface area contributed by atoms with Crippen LogP contribution in [0.15, 0.2) is 24.3 Å². The van der Waals surface area contributed by atoms with Crippen molar-refractivity contribution in [3.05, 3.63) is 24.3 Å².